The Labute approximate surface area is 208 Å². The van der Waals surface area contributed by atoms with Crippen molar-refractivity contribution in [1.82, 2.24) is 30.1 Å². The standard InChI is InChI=1S/C15H17N2O.C8H4F3N4.Ir/c1-10(2)14-9-16-15(11(3)17-14)12-6-5-7-13(8-12)18-4;9-8(10,11)7-13-6(14-15-7)5-3-1-2-4-12-5;/h5,7-10H,1-4H3;1-4H;/q2*-1;. The maximum absolute atomic E-state index is 12.1. The van der Waals surface area contributed by atoms with E-state index in [-0.39, 0.29) is 31.6 Å². The number of pyridine rings is 1. The maximum atomic E-state index is 12.1. The van der Waals surface area contributed by atoms with Crippen molar-refractivity contribution in [3.8, 4) is 28.5 Å². The fourth-order valence-electron chi connectivity index (χ4n) is 2.71. The molecule has 0 aliphatic rings. The van der Waals surface area contributed by atoms with E-state index in [9.17, 15) is 13.2 Å². The molecule has 0 atom stereocenters. The van der Waals surface area contributed by atoms with Crippen molar-refractivity contribution in [3.63, 3.8) is 0 Å². The van der Waals surface area contributed by atoms with Gasteiger partial charge in [0.25, 0.3) is 0 Å². The number of rotatable bonds is 4. The Morgan fingerprint density at radius 2 is 1.85 bits per heavy atom. The van der Waals surface area contributed by atoms with Gasteiger partial charge < -0.3 is 19.8 Å². The smallest absolute Gasteiger partial charge is 0.429 e. The van der Waals surface area contributed by atoms with E-state index in [1.54, 1.807) is 19.2 Å². The fraction of sp³-hybridized carbons (Fsp3) is 0.261. The Kier molecular flexibility index (Phi) is 9.40. The van der Waals surface area contributed by atoms with Gasteiger partial charge in [0.05, 0.1) is 18.5 Å². The zero-order valence-corrected chi connectivity index (χ0v) is 21.2. The quantitative estimate of drug-likeness (QED) is 0.292. The molecule has 0 fully saturated rings. The van der Waals surface area contributed by atoms with E-state index in [0.29, 0.717) is 5.92 Å². The van der Waals surface area contributed by atoms with E-state index in [2.05, 4.69) is 50.0 Å². The van der Waals surface area contributed by atoms with Gasteiger partial charge in [0.15, 0.2) is 0 Å². The van der Waals surface area contributed by atoms with Gasteiger partial charge in [-0.3, -0.25) is 15.1 Å². The average molecular weight is 647 g/mol. The minimum absolute atomic E-state index is 0. The summed E-state index contributed by atoms with van der Waals surface area (Å²) in [4.78, 5) is 16.1. The van der Waals surface area contributed by atoms with Gasteiger partial charge >= 0.3 is 6.18 Å². The molecule has 3 aromatic heterocycles. The Morgan fingerprint density at radius 3 is 2.41 bits per heavy atom. The summed E-state index contributed by atoms with van der Waals surface area (Å²) < 4.78 is 41.6. The summed E-state index contributed by atoms with van der Waals surface area (Å²) in [5.74, 6) is -0.177. The van der Waals surface area contributed by atoms with Crippen LogP contribution >= 0.6 is 0 Å². The molecule has 1 aromatic carbocycles. The van der Waals surface area contributed by atoms with E-state index in [0.717, 1.165) is 28.4 Å². The molecule has 0 bridgehead atoms. The van der Waals surface area contributed by atoms with Crippen molar-refractivity contribution in [2.45, 2.75) is 32.9 Å². The molecule has 0 aliphatic carbocycles. The van der Waals surface area contributed by atoms with E-state index >= 15 is 0 Å². The third-order valence-corrected chi connectivity index (χ3v) is 4.42. The van der Waals surface area contributed by atoms with E-state index < -0.39 is 12.0 Å². The summed E-state index contributed by atoms with van der Waals surface area (Å²) in [5, 5.41) is 6.25. The summed E-state index contributed by atoms with van der Waals surface area (Å²) in [6.45, 7) is 6.20. The second-order valence-electron chi connectivity index (χ2n) is 7.20. The van der Waals surface area contributed by atoms with Gasteiger partial charge in [-0.2, -0.15) is 13.2 Å². The van der Waals surface area contributed by atoms with E-state index in [1.165, 1.54) is 12.3 Å². The molecule has 0 aliphatic heterocycles. The molecular weight excluding hydrogens is 626 g/mol. The van der Waals surface area contributed by atoms with Crippen LogP contribution in [-0.2, 0) is 26.3 Å². The average Bonchev–Trinajstić information content (AvgIpc) is 3.31. The van der Waals surface area contributed by atoms with Crippen molar-refractivity contribution in [2.75, 3.05) is 7.11 Å². The molecular formula is C23H21F3IrN6O-2. The third kappa shape index (κ3) is 6.91. The number of hydrogen-bond acceptors (Lipinski definition) is 6. The Balaban J connectivity index is 0.000000237. The number of alkyl halides is 3. The number of halogens is 3. The summed E-state index contributed by atoms with van der Waals surface area (Å²) >= 11 is 0. The number of methoxy groups -OCH3 is 1. The zero-order valence-electron chi connectivity index (χ0n) is 18.8. The number of ether oxygens (including phenoxy) is 1. The summed E-state index contributed by atoms with van der Waals surface area (Å²) in [6, 6.07) is 13.6. The van der Waals surface area contributed by atoms with Crippen LogP contribution in [-0.4, -0.2) is 32.1 Å². The van der Waals surface area contributed by atoms with Crippen molar-refractivity contribution in [3.05, 3.63) is 72.1 Å². The Bertz CT molecular complexity index is 1200. The molecule has 0 N–H and O–H groups in total. The largest absolute Gasteiger partial charge is 0.516 e. The maximum Gasteiger partial charge on any atom is 0.429 e. The zero-order chi connectivity index (χ0) is 24.0. The second kappa shape index (κ2) is 11.8. The molecule has 0 unspecified atom stereocenters. The summed E-state index contributed by atoms with van der Waals surface area (Å²) in [5.41, 5.74) is 3.97. The number of benzene rings is 1. The molecule has 4 aromatic rings. The van der Waals surface area contributed by atoms with E-state index in [1.807, 2.05) is 31.3 Å². The van der Waals surface area contributed by atoms with Gasteiger partial charge in [0, 0.05) is 49.6 Å². The first-order valence-corrected chi connectivity index (χ1v) is 9.94. The van der Waals surface area contributed by atoms with Gasteiger partial charge in [-0.05, 0) is 30.8 Å². The van der Waals surface area contributed by atoms with Crippen molar-refractivity contribution in [2.24, 2.45) is 0 Å². The monoisotopic (exact) mass is 647 g/mol. The first-order chi connectivity index (χ1) is 15.7. The van der Waals surface area contributed by atoms with Crippen LogP contribution in [0.1, 0.15) is 37.0 Å². The van der Waals surface area contributed by atoms with Crippen LogP contribution in [0.4, 0.5) is 13.2 Å². The van der Waals surface area contributed by atoms with Gasteiger partial charge in [0.2, 0.25) is 0 Å². The van der Waals surface area contributed by atoms with Crippen LogP contribution in [0, 0.1) is 13.0 Å². The van der Waals surface area contributed by atoms with Crippen LogP contribution in [0.3, 0.4) is 0 Å². The van der Waals surface area contributed by atoms with Crippen LogP contribution in [0.2, 0.25) is 0 Å². The molecule has 0 saturated carbocycles. The molecule has 181 valence electrons. The minimum atomic E-state index is -4.57. The number of aryl methyl sites for hydroxylation is 1. The molecule has 0 spiro atoms. The third-order valence-electron chi connectivity index (χ3n) is 4.42. The molecule has 11 heteroatoms. The van der Waals surface area contributed by atoms with Crippen LogP contribution in [0.25, 0.3) is 22.8 Å². The van der Waals surface area contributed by atoms with Gasteiger partial charge in [-0.15, -0.1) is 29.8 Å². The molecule has 0 saturated heterocycles. The van der Waals surface area contributed by atoms with Crippen molar-refractivity contribution in [1.29, 1.82) is 0 Å². The van der Waals surface area contributed by atoms with Gasteiger partial charge in [0.1, 0.15) is 5.82 Å². The topological polar surface area (TPSA) is 87.8 Å². The van der Waals surface area contributed by atoms with Gasteiger partial charge in [-0.1, -0.05) is 19.9 Å². The first kappa shape index (κ1) is 27.1. The Hall–Kier alpha value is -3.17. The summed E-state index contributed by atoms with van der Waals surface area (Å²) in [6.07, 6.45) is -1.29. The molecule has 0 amide bonds. The minimum Gasteiger partial charge on any atom is -0.516 e. The molecule has 7 nitrogen and oxygen atoms in total. The summed E-state index contributed by atoms with van der Waals surface area (Å²) in [7, 11) is 1.65. The normalized spacial score (nSPS) is 10.8. The first-order valence-electron chi connectivity index (χ1n) is 9.94. The van der Waals surface area contributed by atoms with Crippen LogP contribution < -0.4 is 9.84 Å². The van der Waals surface area contributed by atoms with Crippen molar-refractivity contribution >= 4 is 0 Å². The number of aromatic nitrogens is 6. The molecule has 1 radical (unpaired) electrons. The van der Waals surface area contributed by atoms with Gasteiger partial charge in [-0.25, -0.2) is 0 Å². The SMILES string of the molecule is COc1cc[c-]c(-c2ncc(C(C)C)nc2C)c1.FC(F)(F)c1n[n-]c(-c2ccccn2)n1.[Ir]. The number of hydrogen-bond donors (Lipinski definition) is 0. The Morgan fingerprint density at radius 1 is 1.09 bits per heavy atom. The number of nitrogens with zero attached hydrogens (tertiary/aromatic N) is 6. The van der Waals surface area contributed by atoms with Crippen LogP contribution in [0.15, 0.2) is 48.8 Å². The second-order valence-corrected chi connectivity index (χ2v) is 7.20. The van der Waals surface area contributed by atoms with Crippen LogP contribution in [0.5, 0.6) is 5.75 Å². The van der Waals surface area contributed by atoms with Crippen molar-refractivity contribution < 1.29 is 38.0 Å². The predicted molar refractivity (Wildman–Crippen MR) is 115 cm³/mol. The molecule has 3 heterocycles. The fourth-order valence-corrected chi connectivity index (χ4v) is 2.71. The van der Waals surface area contributed by atoms with E-state index in [4.69, 9.17) is 4.74 Å². The predicted octanol–water partition coefficient (Wildman–Crippen LogP) is 4.90. The molecule has 4 rings (SSSR count). The molecule has 34 heavy (non-hydrogen) atoms.